The molecule has 0 aliphatic carbocycles. The maximum Gasteiger partial charge on any atom is 0.261 e. The van der Waals surface area contributed by atoms with Gasteiger partial charge in [-0.2, -0.15) is 0 Å². The fourth-order valence-corrected chi connectivity index (χ4v) is 4.27. The third kappa shape index (κ3) is 6.74. The van der Waals surface area contributed by atoms with Crippen LogP contribution in [0.25, 0.3) is 5.57 Å². The van der Waals surface area contributed by atoms with Gasteiger partial charge < -0.3 is 20.1 Å². The van der Waals surface area contributed by atoms with E-state index in [1.165, 1.54) is 29.2 Å². The van der Waals surface area contributed by atoms with Crippen molar-refractivity contribution in [2.45, 2.75) is 26.6 Å². The van der Waals surface area contributed by atoms with Gasteiger partial charge in [-0.15, -0.1) is 0 Å². The van der Waals surface area contributed by atoms with Gasteiger partial charge in [-0.05, 0) is 54.0 Å². The minimum atomic E-state index is -0.613. The highest BCUT2D eigenvalue weighted by Gasteiger charge is 2.28. The highest BCUT2D eigenvalue weighted by Crippen LogP contribution is 2.41. The molecule has 40 heavy (non-hydrogen) atoms. The molecule has 6 nitrogen and oxygen atoms in total. The largest absolute Gasteiger partial charge is 0.488 e. The molecule has 0 spiro atoms. The van der Waals surface area contributed by atoms with Gasteiger partial charge in [0.1, 0.15) is 30.5 Å². The molecule has 204 valence electrons. The molecule has 7 heteroatoms. The lowest BCUT2D eigenvalue weighted by Crippen LogP contribution is -2.28. The quantitative estimate of drug-likeness (QED) is 0.242. The minimum absolute atomic E-state index is 0.137. The van der Waals surface area contributed by atoms with Crippen LogP contribution in [-0.2, 0) is 24.4 Å². The van der Waals surface area contributed by atoms with Gasteiger partial charge in [-0.3, -0.25) is 9.59 Å². The lowest BCUT2D eigenvalue weighted by atomic mass is 9.95. The van der Waals surface area contributed by atoms with E-state index in [0.717, 1.165) is 11.1 Å². The molecule has 0 saturated carbocycles. The molecule has 0 bridgehead atoms. The topological polar surface area (TPSA) is 81.9 Å². The molecule has 2 amide bonds. The van der Waals surface area contributed by atoms with Crippen molar-refractivity contribution in [1.82, 2.24) is 0 Å². The molecule has 0 atom stereocenters. The highest BCUT2D eigenvalue weighted by atomic mass is 19.1. The van der Waals surface area contributed by atoms with Crippen LogP contribution in [0.1, 0.15) is 39.5 Å². The van der Waals surface area contributed by atoms with Gasteiger partial charge in [0, 0.05) is 23.9 Å². The van der Waals surface area contributed by atoms with Crippen LogP contribution < -0.4 is 20.1 Å². The number of hydrogen-bond donors (Lipinski definition) is 1. The Morgan fingerprint density at radius 2 is 1.32 bits per heavy atom. The number of anilines is 1. The van der Waals surface area contributed by atoms with E-state index in [-0.39, 0.29) is 30.9 Å². The van der Waals surface area contributed by atoms with Gasteiger partial charge >= 0.3 is 0 Å². The molecule has 0 heterocycles. The van der Waals surface area contributed by atoms with E-state index < -0.39 is 17.6 Å². The molecule has 2 N–H and O–H groups in total. The van der Waals surface area contributed by atoms with E-state index in [0.29, 0.717) is 28.1 Å². The third-order valence-corrected chi connectivity index (χ3v) is 6.34. The smallest absolute Gasteiger partial charge is 0.261 e. The number of nitrogens with zero attached hydrogens (tertiary/aromatic N) is 1. The molecule has 0 radical (unpaired) electrons. The summed E-state index contributed by atoms with van der Waals surface area (Å²) in [6.07, 6.45) is -0.226. The van der Waals surface area contributed by atoms with E-state index in [1.54, 1.807) is 20.0 Å². The molecule has 0 unspecified atom stereocenters. The molecule has 0 aromatic heterocycles. The van der Waals surface area contributed by atoms with Crippen molar-refractivity contribution < 1.29 is 23.5 Å². The molecule has 0 aliphatic heterocycles. The zero-order valence-electron chi connectivity index (χ0n) is 22.5. The summed E-state index contributed by atoms with van der Waals surface area (Å²) in [5.74, 6) is -0.880. The van der Waals surface area contributed by atoms with Crippen molar-refractivity contribution in [3.8, 4) is 11.5 Å². The summed E-state index contributed by atoms with van der Waals surface area (Å²) in [6, 6.07) is 26.3. The average molecular weight is 539 g/mol. The van der Waals surface area contributed by atoms with E-state index >= 15 is 0 Å². The number of ether oxygens (including phenoxy) is 2. The normalized spacial score (nSPS) is 10.6. The van der Waals surface area contributed by atoms with Crippen LogP contribution in [0.5, 0.6) is 11.5 Å². The first-order valence-corrected chi connectivity index (χ1v) is 12.8. The standard InChI is InChI=1S/C33H31FN2O4/c1-22(2)27-18-29(33(38)36(3)26-16-14-25(34)15-17-26)32(40-21-24-12-8-5-9-13-24)28(19-30(35)37)31(27)39-20-23-10-6-4-7-11-23/h4-18H,1,19-21H2,2-3H3,(H2,35,37). The van der Waals surface area contributed by atoms with E-state index in [2.05, 4.69) is 6.58 Å². The van der Waals surface area contributed by atoms with Crippen molar-refractivity contribution >= 4 is 23.1 Å². The first-order valence-electron chi connectivity index (χ1n) is 12.8. The first-order chi connectivity index (χ1) is 19.2. The Hall–Kier alpha value is -4.91. The third-order valence-electron chi connectivity index (χ3n) is 6.34. The molecule has 0 saturated heterocycles. The minimum Gasteiger partial charge on any atom is -0.488 e. The number of rotatable bonds is 11. The fraction of sp³-hybridized carbons (Fsp3) is 0.152. The summed E-state index contributed by atoms with van der Waals surface area (Å²) in [4.78, 5) is 27.7. The molecule has 4 rings (SSSR count). The zero-order chi connectivity index (χ0) is 28.6. The molecule has 4 aromatic rings. The second kappa shape index (κ2) is 12.8. The number of hydrogen-bond acceptors (Lipinski definition) is 4. The van der Waals surface area contributed by atoms with E-state index in [1.807, 2.05) is 60.7 Å². The molecule has 0 aliphatic rings. The second-order valence-electron chi connectivity index (χ2n) is 9.42. The van der Waals surface area contributed by atoms with Crippen molar-refractivity contribution in [2.24, 2.45) is 5.73 Å². The predicted octanol–water partition coefficient (Wildman–Crippen LogP) is 6.32. The summed E-state index contributed by atoms with van der Waals surface area (Å²) in [7, 11) is 1.59. The van der Waals surface area contributed by atoms with Gasteiger partial charge in [-0.25, -0.2) is 4.39 Å². The SMILES string of the molecule is C=C(C)c1cc(C(=O)N(C)c2ccc(F)cc2)c(OCc2ccccc2)c(CC(N)=O)c1OCc1ccccc1. The zero-order valence-corrected chi connectivity index (χ0v) is 22.5. The summed E-state index contributed by atoms with van der Waals surface area (Å²) >= 11 is 0. The van der Waals surface area contributed by atoms with Crippen LogP contribution in [0.15, 0.2) is 97.6 Å². The Bertz CT molecular complexity index is 1500. The number of carbonyl (C=O) groups excluding carboxylic acids is 2. The summed E-state index contributed by atoms with van der Waals surface area (Å²) in [5.41, 5.74) is 9.70. The van der Waals surface area contributed by atoms with Crippen molar-refractivity contribution in [1.29, 1.82) is 0 Å². The van der Waals surface area contributed by atoms with Crippen molar-refractivity contribution in [3.05, 3.63) is 131 Å². The maximum atomic E-state index is 13.9. The molecule has 4 aromatic carbocycles. The number of primary amides is 1. The Labute approximate surface area is 233 Å². The summed E-state index contributed by atoms with van der Waals surface area (Å²) in [5, 5.41) is 0. The lowest BCUT2D eigenvalue weighted by Gasteiger charge is -2.25. The van der Waals surface area contributed by atoms with Crippen LogP contribution in [0.3, 0.4) is 0 Å². The number of nitrogens with two attached hydrogens (primary N) is 1. The number of amides is 2. The first kappa shape index (κ1) is 28.1. The Balaban J connectivity index is 1.87. The molecule has 0 fully saturated rings. The van der Waals surface area contributed by atoms with E-state index in [4.69, 9.17) is 15.2 Å². The molecular weight excluding hydrogens is 507 g/mol. The highest BCUT2D eigenvalue weighted by molar-refractivity contribution is 6.09. The Kier molecular flexibility index (Phi) is 8.96. The van der Waals surface area contributed by atoms with Crippen molar-refractivity contribution in [3.63, 3.8) is 0 Å². The van der Waals surface area contributed by atoms with Gasteiger partial charge in [0.05, 0.1) is 12.0 Å². The van der Waals surface area contributed by atoms with Crippen LogP contribution in [0, 0.1) is 5.82 Å². The van der Waals surface area contributed by atoms with Crippen LogP contribution in [0.4, 0.5) is 10.1 Å². The number of benzene rings is 4. The van der Waals surface area contributed by atoms with E-state index in [9.17, 15) is 14.0 Å². The lowest BCUT2D eigenvalue weighted by molar-refractivity contribution is -0.117. The number of allylic oxidation sites excluding steroid dienone is 1. The Morgan fingerprint density at radius 1 is 0.825 bits per heavy atom. The predicted molar refractivity (Wildman–Crippen MR) is 155 cm³/mol. The number of carbonyl (C=O) groups is 2. The Morgan fingerprint density at radius 3 is 1.80 bits per heavy atom. The second-order valence-corrected chi connectivity index (χ2v) is 9.42. The maximum absolute atomic E-state index is 13.9. The van der Waals surface area contributed by atoms with Gasteiger partial charge in [0.15, 0.2) is 0 Å². The monoisotopic (exact) mass is 538 g/mol. The van der Waals surface area contributed by atoms with Crippen LogP contribution in [0.2, 0.25) is 0 Å². The fourth-order valence-electron chi connectivity index (χ4n) is 4.27. The summed E-state index contributed by atoms with van der Waals surface area (Å²) < 4.78 is 26.1. The van der Waals surface area contributed by atoms with Gasteiger partial charge in [-0.1, -0.05) is 67.2 Å². The van der Waals surface area contributed by atoms with Crippen LogP contribution >= 0.6 is 0 Å². The van der Waals surface area contributed by atoms with Gasteiger partial charge in [0.2, 0.25) is 5.91 Å². The summed E-state index contributed by atoms with van der Waals surface area (Å²) in [6.45, 7) is 6.24. The van der Waals surface area contributed by atoms with Crippen LogP contribution in [-0.4, -0.2) is 18.9 Å². The van der Waals surface area contributed by atoms with Crippen molar-refractivity contribution in [2.75, 3.05) is 11.9 Å². The molecular formula is C33H31FN2O4. The van der Waals surface area contributed by atoms with Gasteiger partial charge in [0.25, 0.3) is 5.91 Å². The number of halogens is 1. The average Bonchev–Trinajstić information content (AvgIpc) is 2.95.